The van der Waals surface area contributed by atoms with Gasteiger partial charge in [-0.25, -0.2) is 4.79 Å². The summed E-state index contributed by atoms with van der Waals surface area (Å²) in [5.74, 6) is -0.190. The third-order valence-corrected chi connectivity index (χ3v) is 5.77. The molecule has 2 aromatic rings. The zero-order valence-corrected chi connectivity index (χ0v) is 17.4. The molecule has 1 N–H and O–H groups in total. The van der Waals surface area contributed by atoms with E-state index in [2.05, 4.69) is 11.9 Å². The van der Waals surface area contributed by atoms with Crippen LogP contribution in [0.15, 0.2) is 24.3 Å². The number of H-pyrrole nitrogens is 1. The lowest BCUT2D eigenvalue weighted by atomic mass is 9.81. The first kappa shape index (κ1) is 20.7. The van der Waals surface area contributed by atoms with E-state index in [4.69, 9.17) is 16.3 Å². The first-order valence-electron chi connectivity index (χ1n) is 10.2. The van der Waals surface area contributed by atoms with Crippen molar-refractivity contribution in [2.45, 2.75) is 64.7 Å². The average Bonchev–Trinajstić information content (AvgIpc) is 3.02. The van der Waals surface area contributed by atoms with Crippen LogP contribution in [-0.2, 0) is 11.2 Å². The van der Waals surface area contributed by atoms with Crippen molar-refractivity contribution >= 4 is 23.4 Å². The van der Waals surface area contributed by atoms with E-state index in [9.17, 15) is 9.59 Å². The standard InChI is InChI=1S/C23H28ClNO3/c1-3-4-5-6-7-12-28-23(27)22-15(2)21-19(25-22)13-17(14-20(21)26)16-8-10-18(24)11-9-16/h8-11,17,25H,3-7,12-14H2,1-2H3/t17-/m1/s1. The largest absolute Gasteiger partial charge is 0.461 e. The maximum atomic E-state index is 12.8. The van der Waals surface area contributed by atoms with Crippen LogP contribution in [0.3, 0.4) is 0 Å². The van der Waals surface area contributed by atoms with Crippen LogP contribution >= 0.6 is 11.6 Å². The Morgan fingerprint density at radius 2 is 1.86 bits per heavy atom. The highest BCUT2D eigenvalue weighted by Gasteiger charge is 2.32. The van der Waals surface area contributed by atoms with Gasteiger partial charge in [-0.3, -0.25) is 4.79 Å². The van der Waals surface area contributed by atoms with Gasteiger partial charge in [0.25, 0.3) is 0 Å². The van der Waals surface area contributed by atoms with Crippen LogP contribution in [0.1, 0.15) is 89.0 Å². The van der Waals surface area contributed by atoms with Gasteiger partial charge in [-0.15, -0.1) is 0 Å². The second kappa shape index (κ2) is 9.42. The molecule has 0 saturated heterocycles. The van der Waals surface area contributed by atoms with Gasteiger partial charge in [0.15, 0.2) is 5.78 Å². The number of nitrogens with one attached hydrogen (secondary N) is 1. The molecule has 0 aliphatic heterocycles. The highest BCUT2D eigenvalue weighted by atomic mass is 35.5. The number of rotatable bonds is 8. The normalized spacial score (nSPS) is 16.1. The SMILES string of the molecule is CCCCCCCOC(=O)c1[nH]c2c(c1C)C(=O)C[C@H](c1ccc(Cl)cc1)C2. The van der Waals surface area contributed by atoms with Crippen molar-refractivity contribution < 1.29 is 14.3 Å². The number of unbranched alkanes of at least 4 members (excludes halogenated alkanes) is 4. The van der Waals surface area contributed by atoms with Crippen molar-refractivity contribution in [3.8, 4) is 0 Å². The van der Waals surface area contributed by atoms with Gasteiger partial charge in [-0.2, -0.15) is 0 Å². The molecule has 1 aliphatic rings. The second-order valence-corrected chi connectivity index (χ2v) is 8.05. The van der Waals surface area contributed by atoms with Gasteiger partial charge >= 0.3 is 5.97 Å². The van der Waals surface area contributed by atoms with E-state index in [1.165, 1.54) is 19.3 Å². The molecule has 150 valence electrons. The van der Waals surface area contributed by atoms with E-state index in [1.54, 1.807) is 0 Å². The van der Waals surface area contributed by atoms with E-state index in [-0.39, 0.29) is 17.7 Å². The number of hydrogen-bond acceptors (Lipinski definition) is 3. The molecule has 1 heterocycles. The molecule has 0 amide bonds. The van der Waals surface area contributed by atoms with Crippen molar-refractivity contribution in [1.82, 2.24) is 4.98 Å². The number of carbonyl (C=O) groups is 2. The molecule has 0 spiro atoms. The van der Waals surface area contributed by atoms with Crippen molar-refractivity contribution in [3.63, 3.8) is 0 Å². The number of fused-ring (bicyclic) bond motifs is 1. The summed E-state index contributed by atoms with van der Waals surface area (Å²) in [5, 5.41) is 0.682. The van der Waals surface area contributed by atoms with Crippen LogP contribution in [-0.4, -0.2) is 23.3 Å². The topological polar surface area (TPSA) is 59.2 Å². The van der Waals surface area contributed by atoms with E-state index in [0.29, 0.717) is 41.3 Å². The monoisotopic (exact) mass is 401 g/mol. The fourth-order valence-corrected chi connectivity index (χ4v) is 4.08. The summed E-state index contributed by atoms with van der Waals surface area (Å²) in [6.07, 6.45) is 6.67. The molecular weight excluding hydrogens is 374 g/mol. The molecule has 4 nitrogen and oxygen atoms in total. The highest BCUT2D eigenvalue weighted by molar-refractivity contribution is 6.30. The molecule has 0 bridgehead atoms. The molecule has 0 radical (unpaired) electrons. The Balaban J connectivity index is 1.67. The third-order valence-electron chi connectivity index (χ3n) is 5.52. The first-order chi connectivity index (χ1) is 13.5. The van der Waals surface area contributed by atoms with Gasteiger partial charge in [-0.1, -0.05) is 56.3 Å². The third kappa shape index (κ3) is 4.67. The molecule has 1 atom stereocenters. The van der Waals surface area contributed by atoms with Crippen LogP contribution in [0.4, 0.5) is 0 Å². The van der Waals surface area contributed by atoms with Crippen LogP contribution < -0.4 is 0 Å². The van der Waals surface area contributed by atoms with Gasteiger partial charge in [0, 0.05) is 22.7 Å². The number of benzene rings is 1. The van der Waals surface area contributed by atoms with Crippen LogP contribution in [0, 0.1) is 6.92 Å². The molecular formula is C23H28ClNO3. The lowest BCUT2D eigenvalue weighted by molar-refractivity contribution is 0.0490. The second-order valence-electron chi connectivity index (χ2n) is 7.61. The summed E-state index contributed by atoms with van der Waals surface area (Å²) < 4.78 is 5.43. The van der Waals surface area contributed by atoms with E-state index in [0.717, 1.165) is 24.1 Å². The number of Topliss-reactive ketones (excluding diaryl/α,β-unsaturated/α-hetero) is 1. The molecule has 0 saturated carbocycles. The van der Waals surface area contributed by atoms with Gasteiger partial charge < -0.3 is 9.72 Å². The predicted octanol–water partition coefficient (Wildman–Crippen LogP) is 6.02. The fraction of sp³-hybridized carbons (Fsp3) is 0.478. The van der Waals surface area contributed by atoms with Crippen LogP contribution in [0.5, 0.6) is 0 Å². The maximum Gasteiger partial charge on any atom is 0.355 e. The van der Waals surface area contributed by atoms with Gasteiger partial charge in [-0.05, 0) is 48.9 Å². The van der Waals surface area contributed by atoms with Gasteiger partial charge in [0.05, 0.1) is 6.61 Å². The summed E-state index contributed by atoms with van der Waals surface area (Å²) in [6.45, 7) is 4.43. The predicted molar refractivity (Wildman–Crippen MR) is 111 cm³/mol. The maximum absolute atomic E-state index is 12.8. The Kier molecular flexibility index (Phi) is 6.95. The van der Waals surface area contributed by atoms with Crippen molar-refractivity contribution in [2.75, 3.05) is 6.61 Å². The van der Waals surface area contributed by atoms with Crippen LogP contribution in [0.25, 0.3) is 0 Å². The zero-order chi connectivity index (χ0) is 20.1. The number of halogens is 1. The van der Waals surface area contributed by atoms with Crippen LogP contribution in [0.2, 0.25) is 5.02 Å². The number of aromatic nitrogens is 1. The molecule has 0 unspecified atom stereocenters. The number of ketones is 1. The Morgan fingerprint density at radius 3 is 2.57 bits per heavy atom. The number of esters is 1. The molecule has 3 rings (SSSR count). The van der Waals surface area contributed by atoms with Crippen molar-refractivity contribution in [2.24, 2.45) is 0 Å². The Hall–Kier alpha value is -2.07. The Morgan fingerprint density at radius 1 is 1.14 bits per heavy atom. The quantitative estimate of drug-likeness (QED) is 0.434. The molecule has 28 heavy (non-hydrogen) atoms. The smallest absolute Gasteiger partial charge is 0.355 e. The van der Waals surface area contributed by atoms with Crippen molar-refractivity contribution in [1.29, 1.82) is 0 Å². The van der Waals surface area contributed by atoms with Gasteiger partial charge in [0.1, 0.15) is 5.69 Å². The highest BCUT2D eigenvalue weighted by Crippen LogP contribution is 2.35. The minimum atomic E-state index is -0.363. The lowest BCUT2D eigenvalue weighted by Gasteiger charge is -2.22. The molecule has 1 aromatic carbocycles. The summed E-state index contributed by atoms with van der Waals surface area (Å²) in [5.41, 5.74) is 3.73. The minimum Gasteiger partial charge on any atom is -0.461 e. The van der Waals surface area contributed by atoms with Gasteiger partial charge in [0.2, 0.25) is 0 Å². The molecule has 1 aromatic heterocycles. The number of aromatic amines is 1. The fourth-order valence-electron chi connectivity index (χ4n) is 3.95. The Labute approximate surface area is 171 Å². The first-order valence-corrected chi connectivity index (χ1v) is 10.6. The molecule has 1 aliphatic carbocycles. The molecule has 0 fully saturated rings. The molecule has 5 heteroatoms. The van der Waals surface area contributed by atoms with Crippen molar-refractivity contribution in [3.05, 3.63) is 57.4 Å². The van der Waals surface area contributed by atoms with E-state index >= 15 is 0 Å². The number of carbonyl (C=O) groups excluding carboxylic acids is 2. The van der Waals surface area contributed by atoms with E-state index < -0.39 is 0 Å². The number of hydrogen-bond donors (Lipinski definition) is 1. The summed E-state index contributed by atoms with van der Waals surface area (Å²) in [4.78, 5) is 28.4. The minimum absolute atomic E-state index is 0.0774. The Bertz CT molecular complexity index is 838. The summed E-state index contributed by atoms with van der Waals surface area (Å²) in [7, 11) is 0. The average molecular weight is 402 g/mol. The number of ether oxygens (including phenoxy) is 1. The lowest BCUT2D eigenvalue weighted by Crippen LogP contribution is -2.18. The zero-order valence-electron chi connectivity index (χ0n) is 16.6. The van der Waals surface area contributed by atoms with E-state index in [1.807, 2.05) is 31.2 Å². The summed E-state index contributed by atoms with van der Waals surface area (Å²) >= 11 is 5.97. The summed E-state index contributed by atoms with van der Waals surface area (Å²) in [6, 6.07) is 7.63.